The van der Waals surface area contributed by atoms with E-state index < -0.39 is 0 Å². The van der Waals surface area contributed by atoms with Gasteiger partial charge in [-0.3, -0.25) is 5.10 Å². The molecule has 0 spiro atoms. The van der Waals surface area contributed by atoms with Crippen LogP contribution in [0.2, 0.25) is 0 Å². The van der Waals surface area contributed by atoms with Gasteiger partial charge in [0.2, 0.25) is 0 Å². The van der Waals surface area contributed by atoms with Gasteiger partial charge in [0.25, 0.3) is 0 Å². The highest BCUT2D eigenvalue weighted by Crippen LogP contribution is 2.24. The van der Waals surface area contributed by atoms with Gasteiger partial charge in [0.05, 0.1) is 12.8 Å². The van der Waals surface area contributed by atoms with Crippen molar-refractivity contribution in [2.75, 3.05) is 47.5 Å². The average molecular weight is 411 g/mol. The predicted molar refractivity (Wildman–Crippen MR) is 118 cm³/mol. The highest BCUT2D eigenvalue weighted by molar-refractivity contribution is 5.63. The molecule has 0 aliphatic rings. The topological polar surface area (TPSA) is 71.6 Å². The van der Waals surface area contributed by atoms with Crippen molar-refractivity contribution in [1.82, 2.24) is 20.4 Å². The van der Waals surface area contributed by atoms with E-state index in [9.17, 15) is 0 Å². The molecule has 7 heteroatoms. The lowest BCUT2D eigenvalue weighted by atomic mass is 10.1. The van der Waals surface area contributed by atoms with Crippen LogP contribution in [0, 0.1) is 0 Å². The summed E-state index contributed by atoms with van der Waals surface area (Å²) in [4.78, 5) is 2.27. The van der Waals surface area contributed by atoms with Crippen LogP contribution in [-0.4, -0.2) is 62.6 Å². The van der Waals surface area contributed by atoms with E-state index in [0.29, 0.717) is 13.2 Å². The number of nitrogens with one attached hydrogen (secondary N) is 2. The van der Waals surface area contributed by atoms with Gasteiger partial charge in [-0.2, -0.15) is 5.10 Å². The number of ether oxygens (including phenoxy) is 3. The van der Waals surface area contributed by atoms with Crippen LogP contribution in [0.25, 0.3) is 11.3 Å². The van der Waals surface area contributed by atoms with Crippen molar-refractivity contribution in [3.05, 3.63) is 60.3 Å². The van der Waals surface area contributed by atoms with Gasteiger partial charge < -0.3 is 24.4 Å². The molecule has 7 nitrogen and oxygen atoms in total. The molecule has 0 saturated heterocycles. The lowest BCUT2D eigenvalue weighted by Gasteiger charge is -2.16. The quantitative estimate of drug-likeness (QED) is 0.447. The smallest absolute Gasteiger partial charge is 0.122 e. The van der Waals surface area contributed by atoms with Crippen molar-refractivity contribution in [3.8, 4) is 28.5 Å². The Morgan fingerprint density at radius 3 is 2.13 bits per heavy atom. The fraction of sp³-hybridized carbons (Fsp3) is 0.348. The third-order valence-electron chi connectivity index (χ3n) is 4.71. The van der Waals surface area contributed by atoms with E-state index in [-0.39, 0.29) is 0 Å². The highest BCUT2D eigenvalue weighted by atomic mass is 16.5. The van der Waals surface area contributed by atoms with E-state index in [0.717, 1.165) is 48.1 Å². The summed E-state index contributed by atoms with van der Waals surface area (Å²) in [6.45, 7) is 3.71. The van der Waals surface area contributed by atoms with E-state index in [1.54, 1.807) is 7.11 Å². The second-order valence-corrected chi connectivity index (χ2v) is 7.00. The van der Waals surface area contributed by atoms with Crippen molar-refractivity contribution in [3.63, 3.8) is 0 Å². The maximum absolute atomic E-state index is 5.79. The largest absolute Gasteiger partial charge is 0.497 e. The fourth-order valence-corrected chi connectivity index (χ4v) is 3.06. The lowest BCUT2D eigenvalue weighted by Crippen LogP contribution is -2.26. The molecule has 3 rings (SSSR count). The first-order chi connectivity index (χ1) is 14.7. The summed E-state index contributed by atoms with van der Waals surface area (Å²) < 4.78 is 16.6. The number of nitrogens with zero attached hydrogens (tertiary/aromatic N) is 2. The predicted octanol–water partition coefficient (Wildman–Crippen LogP) is 3.19. The van der Waals surface area contributed by atoms with Crippen molar-refractivity contribution in [1.29, 1.82) is 0 Å². The molecule has 2 aromatic carbocycles. The lowest BCUT2D eigenvalue weighted by molar-refractivity contribution is 0.217. The second kappa shape index (κ2) is 11.2. The molecule has 0 bridgehead atoms. The first kappa shape index (κ1) is 21.7. The minimum absolute atomic E-state index is 0.468. The zero-order valence-corrected chi connectivity index (χ0v) is 17.9. The Kier molecular flexibility index (Phi) is 8.11. The molecule has 3 aromatic rings. The number of H-pyrrole nitrogens is 1. The average Bonchev–Trinajstić information content (AvgIpc) is 3.24. The first-order valence-electron chi connectivity index (χ1n) is 10.1. The van der Waals surface area contributed by atoms with Gasteiger partial charge in [0.15, 0.2) is 0 Å². The van der Waals surface area contributed by atoms with Gasteiger partial charge in [-0.05, 0) is 62.6 Å². The summed E-state index contributed by atoms with van der Waals surface area (Å²) in [5.74, 6) is 2.41. The molecule has 2 N–H and O–H groups in total. The van der Waals surface area contributed by atoms with Crippen LogP contribution < -0.4 is 19.5 Å². The molecule has 0 atom stereocenters. The Balaban J connectivity index is 1.48. The van der Waals surface area contributed by atoms with Crippen LogP contribution in [0.15, 0.2) is 54.7 Å². The number of hydrogen-bond donors (Lipinski definition) is 2. The number of methoxy groups -OCH3 is 1. The van der Waals surface area contributed by atoms with Crippen LogP contribution in [0.1, 0.15) is 5.56 Å². The number of benzene rings is 2. The number of rotatable bonds is 12. The van der Waals surface area contributed by atoms with Crippen LogP contribution in [0.5, 0.6) is 17.2 Å². The second-order valence-electron chi connectivity index (χ2n) is 7.00. The fourth-order valence-electron chi connectivity index (χ4n) is 3.06. The molecule has 0 aliphatic heterocycles. The van der Waals surface area contributed by atoms with Gasteiger partial charge in [-0.15, -0.1) is 0 Å². The minimum Gasteiger partial charge on any atom is -0.497 e. The standard InChI is InChI=1S/C23H30N4O3/c1-24-12-13-27(2)17-19-16-25-26-23(19)18-4-6-21(7-5-18)29-14-15-30-22-10-8-20(28-3)9-11-22/h4-11,16,24H,12-15,17H2,1-3H3,(H,25,26). The van der Waals surface area contributed by atoms with Crippen LogP contribution in [-0.2, 0) is 6.54 Å². The van der Waals surface area contributed by atoms with E-state index >= 15 is 0 Å². The summed E-state index contributed by atoms with van der Waals surface area (Å²) in [6, 6.07) is 15.5. The van der Waals surface area contributed by atoms with Gasteiger partial charge in [-0.1, -0.05) is 0 Å². The maximum Gasteiger partial charge on any atom is 0.122 e. The van der Waals surface area contributed by atoms with Crippen molar-refractivity contribution < 1.29 is 14.2 Å². The molecule has 0 fully saturated rings. The molecular formula is C23H30N4O3. The number of hydrogen-bond acceptors (Lipinski definition) is 6. The van der Waals surface area contributed by atoms with Crippen molar-refractivity contribution in [2.24, 2.45) is 0 Å². The van der Waals surface area contributed by atoms with Crippen molar-refractivity contribution >= 4 is 0 Å². The molecule has 0 amide bonds. The minimum atomic E-state index is 0.468. The van der Waals surface area contributed by atoms with E-state index in [1.807, 2.05) is 61.8 Å². The third-order valence-corrected chi connectivity index (χ3v) is 4.71. The van der Waals surface area contributed by atoms with E-state index in [4.69, 9.17) is 14.2 Å². The van der Waals surface area contributed by atoms with Gasteiger partial charge in [-0.25, -0.2) is 0 Å². The van der Waals surface area contributed by atoms with Crippen LogP contribution in [0.4, 0.5) is 0 Å². The Morgan fingerprint density at radius 1 is 0.933 bits per heavy atom. The van der Waals surface area contributed by atoms with Gasteiger partial charge in [0.1, 0.15) is 30.5 Å². The number of aromatic nitrogens is 2. The summed E-state index contributed by atoms with van der Waals surface area (Å²) in [5, 5.41) is 10.6. The third kappa shape index (κ3) is 6.23. The number of aromatic amines is 1. The molecule has 0 radical (unpaired) electrons. The van der Waals surface area contributed by atoms with Crippen molar-refractivity contribution in [2.45, 2.75) is 6.54 Å². The Bertz CT molecular complexity index is 878. The Hall–Kier alpha value is -3.03. The first-order valence-corrected chi connectivity index (χ1v) is 10.1. The van der Waals surface area contributed by atoms with Crippen LogP contribution >= 0.6 is 0 Å². The molecular weight excluding hydrogens is 380 g/mol. The Morgan fingerprint density at radius 2 is 1.53 bits per heavy atom. The van der Waals surface area contributed by atoms with Gasteiger partial charge in [0, 0.05) is 37.0 Å². The summed E-state index contributed by atoms with van der Waals surface area (Å²) in [6.07, 6.45) is 1.96. The Labute approximate surface area is 178 Å². The summed E-state index contributed by atoms with van der Waals surface area (Å²) in [5.41, 5.74) is 3.21. The molecule has 160 valence electrons. The monoisotopic (exact) mass is 410 g/mol. The molecule has 0 aliphatic carbocycles. The summed E-state index contributed by atoms with van der Waals surface area (Å²) in [7, 11) is 5.72. The van der Waals surface area contributed by atoms with Gasteiger partial charge >= 0.3 is 0 Å². The molecule has 0 saturated carbocycles. The molecule has 1 heterocycles. The summed E-state index contributed by atoms with van der Waals surface area (Å²) >= 11 is 0. The normalized spacial score (nSPS) is 10.9. The highest BCUT2D eigenvalue weighted by Gasteiger charge is 2.11. The molecule has 1 aromatic heterocycles. The zero-order chi connectivity index (χ0) is 21.2. The van der Waals surface area contributed by atoms with E-state index in [2.05, 4.69) is 27.5 Å². The van der Waals surface area contributed by atoms with E-state index in [1.165, 1.54) is 5.56 Å². The molecule has 0 unspecified atom stereocenters. The van der Waals surface area contributed by atoms with Crippen LogP contribution in [0.3, 0.4) is 0 Å². The molecule has 30 heavy (non-hydrogen) atoms. The SMILES string of the molecule is CNCCN(C)Cc1c[nH]nc1-c1ccc(OCCOc2ccc(OC)cc2)cc1. The number of likely N-dealkylation sites (N-methyl/N-ethyl adjacent to an activating group) is 2. The maximum atomic E-state index is 5.79. The zero-order valence-electron chi connectivity index (χ0n) is 17.9.